The van der Waals surface area contributed by atoms with Crippen LogP contribution in [0.1, 0.15) is 32.6 Å². The first-order chi connectivity index (χ1) is 9.72. The minimum atomic E-state index is -0.358. The number of rotatable bonds is 4. The van der Waals surface area contributed by atoms with Gasteiger partial charge >= 0.3 is 0 Å². The fourth-order valence-corrected chi connectivity index (χ4v) is 2.58. The average molecular weight is 273 g/mol. The number of nitrogens with zero attached hydrogens (tertiary/aromatic N) is 1. The normalized spacial score (nSPS) is 17.2. The largest absolute Gasteiger partial charge is 0.424 e. The van der Waals surface area contributed by atoms with E-state index in [9.17, 15) is 4.79 Å². The summed E-state index contributed by atoms with van der Waals surface area (Å²) >= 11 is 0. The number of carbonyl (C=O) groups is 1. The molecule has 3 rings (SSSR count). The van der Waals surface area contributed by atoms with Crippen molar-refractivity contribution >= 4 is 23.0 Å². The lowest BCUT2D eigenvalue weighted by Crippen LogP contribution is -2.42. The van der Waals surface area contributed by atoms with E-state index < -0.39 is 0 Å². The molecule has 1 aromatic heterocycles. The number of benzene rings is 1. The summed E-state index contributed by atoms with van der Waals surface area (Å²) in [4.78, 5) is 16.4. The van der Waals surface area contributed by atoms with Gasteiger partial charge in [0.25, 0.3) is 6.01 Å². The first kappa shape index (κ1) is 13.0. The monoisotopic (exact) mass is 273 g/mol. The molecule has 1 amide bonds. The molecule has 5 nitrogen and oxygen atoms in total. The van der Waals surface area contributed by atoms with Crippen molar-refractivity contribution in [3.8, 4) is 0 Å². The van der Waals surface area contributed by atoms with Gasteiger partial charge in [-0.25, -0.2) is 0 Å². The van der Waals surface area contributed by atoms with Crippen molar-refractivity contribution in [1.82, 2.24) is 10.3 Å². The van der Waals surface area contributed by atoms with E-state index in [-0.39, 0.29) is 11.9 Å². The molecule has 20 heavy (non-hydrogen) atoms. The lowest BCUT2D eigenvalue weighted by molar-refractivity contribution is -0.122. The van der Waals surface area contributed by atoms with E-state index in [2.05, 4.69) is 15.6 Å². The molecular formula is C15H19N3O2. The number of para-hydroxylation sites is 2. The van der Waals surface area contributed by atoms with Crippen LogP contribution in [0.25, 0.3) is 11.1 Å². The molecule has 0 saturated heterocycles. The summed E-state index contributed by atoms with van der Waals surface area (Å²) in [5.74, 6) is -0.000781. The van der Waals surface area contributed by atoms with E-state index in [1.54, 1.807) is 0 Å². The number of fused-ring (bicyclic) bond motifs is 1. The Morgan fingerprint density at radius 1 is 1.35 bits per heavy atom. The third-order valence-electron chi connectivity index (χ3n) is 3.73. The molecule has 1 aliphatic rings. The van der Waals surface area contributed by atoms with Crippen molar-refractivity contribution in [2.75, 3.05) is 5.32 Å². The number of anilines is 1. The molecule has 1 saturated carbocycles. The van der Waals surface area contributed by atoms with E-state index in [0.717, 1.165) is 23.9 Å². The molecule has 1 heterocycles. The summed E-state index contributed by atoms with van der Waals surface area (Å²) in [5.41, 5.74) is 1.51. The maximum Gasteiger partial charge on any atom is 0.296 e. The Balaban J connectivity index is 1.62. The van der Waals surface area contributed by atoms with Crippen LogP contribution in [-0.4, -0.2) is 23.0 Å². The molecule has 5 heteroatoms. The van der Waals surface area contributed by atoms with Crippen LogP contribution in [0.3, 0.4) is 0 Å². The van der Waals surface area contributed by atoms with Gasteiger partial charge in [0.2, 0.25) is 5.91 Å². The minimum Gasteiger partial charge on any atom is -0.424 e. The highest BCUT2D eigenvalue weighted by molar-refractivity contribution is 5.84. The van der Waals surface area contributed by atoms with Crippen LogP contribution in [0.5, 0.6) is 0 Å². The van der Waals surface area contributed by atoms with Gasteiger partial charge in [-0.1, -0.05) is 25.0 Å². The summed E-state index contributed by atoms with van der Waals surface area (Å²) in [6.07, 6.45) is 4.58. The lowest BCUT2D eigenvalue weighted by Gasteiger charge is -2.16. The molecule has 0 spiro atoms. The molecule has 0 bridgehead atoms. The smallest absolute Gasteiger partial charge is 0.296 e. The summed E-state index contributed by atoms with van der Waals surface area (Å²) < 4.78 is 5.56. The topological polar surface area (TPSA) is 67.2 Å². The van der Waals surface area contributed by atoms with Crippen molar-refractivity contribution in [2.24, 2.45) is 0 Å². The second kappa shape index (κ2) is 5.53. The van der Waals surface area contributed by atoms with Crippen molar-refractivity contribution in [1.29, 1.82) is 0 Å². The van der Waals surface area contributed by atoms with E-state index >= 15 is 0 Å². The van der Waals surface area contributed by atoms with Crippen LogP contribution in [0, 0.1) is 0 Å². The summed E-state index contributed by atoms with van der Waals surface area (Å²) in [6.45, 7) is 1.82. The highest BCUT2D eigenvalue weighted by Crippen LogP contribution is 2.20. The summed E-state index contributed by atoms with van der Waals surface area (Å²) in [6, 6.07) is 7.90. The van der Waals surface area contributed by atoms with Gasteiger partial charge in [-0.2, -0.15) is 4.98 Å². The molecule has 1 aromatic carbocycles. The van der Waals surface area contributed by atoms with Crippen molar-refractivity contribution in [3.63, 3.8) is 0 Å². The second-order valence-electron chi connectivity index (χ2n) is 5.34. The second-order valence-corrected chi connectivity index (χ2v) is 5.34. The number of oxazole rings is 1. The molecule has 106 valence electrons. The van der Waals surface area contributed by atoms with E-state index in [1.807, 2.05) is 31.2 Å². The zero-order valence-electron chi connectivity index (χ0n) is 11.6. The summed E-state index contributed by atoms with van der Waals surface area (Å²) in [7, 11) is 0. The predicted octanol–water partition coefficient (Wildman–Crippen LogP) is 2.69. The molecule has 0 radical (unpaired) electrons. The first-order valence-corrected chi connectivity index (χ1v) is 7.15. The Morgan fingerprint density at radius 3 is 2.85 bits per heavy atom. The van der Waals surface area contributed by atoms with Crippen molar-refractivity contribution in [2.45, 2.75) is 44.7 Å². The van der Waals surface area contributed by atoms with Crippen molar-refractivity contribution in [3.05, 3.63) is 24.3 Å². The van der Waals surface area contributed by atoms with Gasteiger partial charge in [-0.05, 0) is 31.9 Å². The van der Waals surface area contributed by atoms with Gasteiger partial charge in [0.05, 0.1) is 0 Å². The number of amides is 1. The number of aromatic nitrogens is 1. The van der Waals surface area contributed by atoms with Crippen molar-refractivity contribution < 1.29 is 9.21 Å². The van der Waals surface area contributed by atoms with Gasteiger partial charge in [-0.15, -0.1) is 0 Å². The Hall–Kier alpha value is -2.04. The van der Waals surface area contributed by atoms with E-state index in [1.165, 1.54) is 12.8 Å². The van der Waals surface area contributed by atoms with E-state index in [4.69, 9.17) is 4.42 Å². The standard InChI is InChI=1S/C15H19N3O2/c1-10(14(19)17-11-6-2-3-7-11)16-15-18-12-8-4-5-9-13(12)20-15/h4-5,8-11H,2-3,6-7H2,1H3,(H,16,18)(H,17,19)/t10-/m1/s1. The molecule has 2 aromatic rings. The molecular weight excluding hydrogens is 254 g/mol. The maximum absolute atomic E-state index is 12.1. The number of hydrogen-bond acceptors (Lipinski definition) is 4. The van der Waals surface area contributed by atoms with Gasteiger partial charge in [0.1, 0.15) is 11.6 Å². The van der Waals surface area contributed by atoms with Crippen LogP contribution in [0.15, 0.2) is 28.7 Å². The first-order valence-electron chi connectivity index (χ1n) is 7.15. The van der Waals surface area contributed by atoms with Gasteiger partial charge in [0, 0.05) is 6.04 Å². The number of hydrogen-bond donors (Lipinski definition) is 2. The SMILES string of the molecule is C[C@@H](Nc1nc2ccccc2o1)C(=O)NC1CCCC1. The predicted molar refractivity (Wildman–Crippen MR) is 77.5 cm³/mol. The zero-order chi connectivity index (χ0) is 13.9. The number of carbonyl (C=O) groups excluding carboxylic acids is 1. The maximum atomic E-state index is 12.1. The third kappa shape index (κ3) is 2.76. The third-order valence-corrected chi connectivity index (χ3v) is 3.73. The Bertz CT molecular complexity index is 569. The number of nitrogens with one attached hydrogen (secondary N) is 2. The molecule has 2 N–H and O–H groups in total. The van der Waals surface area contributed by atoms with Crippen LogP contribution < -0.4 is 10.6 Å². The Kier molecular flexibility index (Phi) is 3.58. The molecule has 0 unspecified atom stereocenters. The molecule has 1 fully saturated rings. The Morgan fingerprint density at radius 2 is 2.10 bits per heavy atom. The van der Waals surface area contributed by atoms with Gasteiger partial charge < -0.3 is 15.1 Å². The van der Waals surface area contributed by atoms with Gasteiger partial charge in [-0.3, -0.25) is 4.79 Å². The fourth-order valence-electron chi connectivity index (χ4n) is 2.58. The molecule has 0 aliphatic heterocycles. The fraction of sp³-hybridized carbons (Fsp3) is 0.467. The highest BCUT2D eigenvalue weighted by Gasteiger charge is 2.21. The Labute approximate surface area is 117 Å². The highest BCUT2D eigenvalue weighted by atomic mass is 16.4. The summed E-state index contributed by atoms with van der Waals surface area (Å²) in [5, 5.41) is 6.08. The van der Waals surface area contributed by atoms with Crippen LogP contribution >= 0.6 is 0 Å². The minimum absolute atomic E-state index is 0.000781. The van der Waals surface area contributed by atoms with E-state index in [0.29, 0.717) is 12.1 Å². The quantitative estimate of drug-likeness (QED) is 0.898. The average Bonchev–Trinajstić information content (AvgIpc) is 3.06. The van der Waals surface area contributed by atoms with Gasteiger partial charge in [0.15, 0.2) is 5.58 Å². The van der Waals surface area contributed by atoms with Crippen LogP contribution in [-0.2, 0) is 4.79 Å². The van der Waals surface area contributed by atoms with Crippen LogP contribution in [0.4, 0.5) is 6.01 Å². The van der Waals surface area contributed by atoms with Crippen LogP contribution in [0.2, 0.25) is 0 Å². The molecule has 1 atom stereocenters. The molecule has 1 aliphatic carbocycles. The zero-order valence-corrected chi connectivity index (χ0v) is 11.6. The lowest BCUT2D eigenvalue weighted by atomic mass is 10.2.